The van der Waals surface area contributed by atoms with Gasteiger partial charge in [-0.05, 0) is 80.1 Å². The average molecular weight is 347 g/mol. The monoisotopic (exact) mass is 347 g/mol. The first-order valence-electron chi connectivity index (χ1n) is 7.88. The second kappa shape index (κ2) is 6.95. The molecule has 1 N–H and O–H groups in total. The van der Waals surface area contributed by atoms with Crippen LogP contribution in [0.1, 0.15) is 33.4 Å². The Bertz CT molecular complexity index is 824. The molecule has 2 aromatic rings. The lowest BCUT2D eigenvalue weighted by molar-refractivity contribution is 0.414. The van der Waals surface area contributed by atoms with Crippen molar-refractivity contribution in [2.45, 2.75) is 46.1 Å². The van der Waals surface area contributed by atoms with Crippen molar-refractivity contribution in [3.05, 3.63) is 57.6 Å². The van der Waals surface area contributed by atoms with Gasteiger partial charge in [0.25, 0.3) is 0 Å². The van der Waals surface area contributed by atoms with Crippen molar-refractivity contribution in [1.29, 1.82) is 0 Å². The Morgan fingerprint density at radius 1 is 0.833 bits per heavy atom. The SMILES string of the molecule is COc1ccc(CNS(=O)(=O)c2c(C)c(C)c(C)c(C)c2C)cc1. The number of nitrogens with one attached hydrogen (secondary N) is 1. The summed E-state index contributed by atoms with van der Waals surface area (Å²) in [6.45, 7) is 9.97. The Morgan fingerprint density at radius 2 is 1.29 bits per heavy atom. The van der Waals surface area contributed by atoms with Crippen molar-refractivity contribution in [3.63, 3.8) is 0 Å². The maximum absolute atomic E-state index is 12.9. The number of methoxy groups -OCH3 is 1. The predicted octanol–water partition coefficient (Wildman–Crippen LogP) is 3.72. The Labute approximate surface area is 144 Å². The quantitative estimate of drug-likeness (QED) is 0.897. The lowest BCUT2D eigenvalue weighted by Crippen LogP contribution is -2.25. The third-order valence-electron chi connectivity index (χ3n) is 4.83. The van der Waals surface area contributed by atoms with Crippen LogP contribution in [0, 0.1) is 34.6 Å². The van der Waals surface area contributed by atoms with Gasteiger partial charge in [0.15, 0.2) is 0 Å². The molecule has 0 radical (unpaired) electrons. The number of hydrogen-bond acceptors (Lipinski definition) is 3. The van der Waals surface area contributed by atoms with E-state index in [0.29, 0.717) is 4.90 Å². The molecule has 0 atom stereocenters. The van der Waals surface area contributed by atoms with Gasteiger partial charge in [0.2, 0.25) is 10.0 Å². The minimum atomic E-state index is -3.58. The molecule has 0 heterocycles. The molecular weight excluding hydrogens is 322 g/mol. The van der Waals surface area contributed by atoms with Gasteiger partial charge in [-0.25, -0.2) is 13.1 Å². The van der Waals surface area contributed by atoms with E-state index in [1.807, 2.05) is 58.9 Å². The number of hydrogen-bond donors (Lipinski definition) is 1. The van der Waals surface area contributed by atoms with Crippen LogP contribution in [0.3, 0.4) is 0 Å². The summed E-state index contributed by atoms with van der Waals surface area (Å²) in [5, 5.41) is 0. The second-order valence-corrected chi connectivity index (χ2v) is 7.83. The van der Waals surface area contributed by atoms with E-state index in [1.165, 1.54) is 0 Å². The molecular formula is C19H25NO3S. The number of rotatable bonds is 5. The van der Waals surface area contributed by atoms with Crippen LogP contribution in [0.25, 0.3) is 0 Å². The summed E-state index contributed by atoms with van der Waals surface area (Å²) in [6, 6.07) is 7.35. The highest BCUT2D eigenvalue weighted by Gasteiger charge is 2.23. The lowest BCUT2D eigenvalue weighted by atomic mass is 9.95. The van der Waals surface area contributed by atoms with E-state index in [2.05, 4.69) is 4.72 Å². The van der Waals surface area contributed by atoms with Crippen molar-refractivity contribution in [3.8, 4) is 5.75 Å². The van der Waals surface area contributed by atoms with E-state index in [0.717, 1.165) is 39.1 Å². The van der Waals surface area contributed by atoms with Crippen molar-refractivity contribution in [2.75, 3.05) is 7.11 Å². The third kappa shape index (κ3) is 3.47. The molecule has 24 heavy (non-hydrogen) atoms. The fraction of sp³-hybridized carbons (Fsp3) is 0.368. The van der Waals surface area contributed by atoms with E-state index in [1.54, 1.807) is 7.11 Å². The first-order valence-corrected chi connectivity index (χ1v) is 9.37. The van der Waals surface area contributed by atoms with Crippen molar-refractivity contribution in [2.24, 2.45) is 0 Å². The van der Waals surface area contributed by atoms with Crippen LogP contribution in [0.5, 0.6) is 5.75 Å². The zero-order valence-electron chi connectivity index (χ0n) is 15.1. The fourth-order valence-corrected chi connectivity index (χ4v) is 4.48. The normalized spacial score (nSPS) is 11.6. The number of sulfonamides is 1. The van der Waals surface area contributed by atoms with Gasteiger partial charge in [0, 0.05) is 6.54 Å². The first kappa shape index (κ1) is 18.5. The lowest BCUT2D eigenvalue weighted by Gasteiger charge is -2.19. The number of benzene rings is 2. The Balaban J connectivity index is 2.34. The predicted molar refractivity (Wildman–Crippen MR) is 97.1 cm³/mol. The van der Waals surface area contributed by atoms with Gasteiger partial charge < -0.3 is 4.74 Å². The zero-order chi connectivity index (χ0) is 18.1. The van der Waals surface area contributed by atoms with E-state index >= 15 is 0 Å². The van der Waals surface area contributed by atoms with Crippen LogP contribution in [0.15, 0.2) is 29.2 Å². The summed E-state index contributed by atoms with van der Waals surface area (Å²) in [5.41, 5.74) is 5.73. The molecule has 0 spiro atoms. The van der Waals surface area contributed by atoms with Crippen LogP contribution in [0.4, 0.5) is 0 Å². The van der Waals surface area contributed by atoms with Gasteiger partial charge in [-0.3, -0.25) is 0 Å². The maximum Gasteiger partial charge on any atom is 0.241 e. The summed E-state index contributed by atoms with van der Waals surface area (Å²) in [5.74, 6) is 0.748. The average Bonchev–Trinajstić information content (AvgIpc) is 2.57. The Kier molecular flexibility index (Phi) is 5.35. The minimum absolute atomic E-state index is 0.247. The molecule has 0 aromatic heterocycles. The van der Waals surface area contributed by atoms with Gasteiger partial charge in [-0.2, -0.15) is 0 Å². The molecule has 2 rings (SSSR count). The third-order valence-corrected chi connectivity index (χ3v) is 6.50. The van der Waals surface area contributed by atoms with Crippen LogP contribution < -0.4 is 9.46 Å². The molecule has 0 unspecified atom stereocenters. The summed E-state index contributed by atoms with van der Waals surface area (Å²) in [4.78, 5) is 0.400. The molecule has 0 amide bonds. The van der Waals surface area contributed by atoms with Crippen molar-refractivity contribution < 1.29 is 13.2 Å². The molecule has 0 aliphatic heterocycles. The summed E-state index contributed by atoms with van der Waals surface area (Å²) in [6.07, 6.45) is 0. The summed E-state index contributed by atoms with van der Waals surface area (Å²) in [7, 11) is -1.98. The smallest absolute Gasteiger partial charge is 0.241 e. The van der Waals surface area contributed by atoms with Gasteiger partial charge in [-0.15, -0.1) is 0 Å². The second-order valence-electron chi connectivity index (χ2n) is 6.13. The molecule has 130 valence electrons. The highest BCUT2D eigenvalue weighted by atomic mass is 32.2. The topological polar surface area (TPSA) is 55.4 Å². The van der Waals surface area contributed by atoms with E-state index in [4.69, 9.17) is 4.74 Å². The Hall–Kier alpha value is -1.85. The molecule has 5 heteroatoms. The molecule has 4 nitrogen and oxygen atoms in total. The van der Waals surface area contributed by atoms with Crippen LogP contribution in [-0.2, 0) is 16.6 Å². The molecule has 2 aromatic carbocycles. The maximum atomic E-state index is 12.9. The minimum Gasteiger partial charge on any atom is -0.497 e. The first-order chi connectivity index (χ1) is 11.2. The van der Waals surface area contributed by atoms with Crippen LogP contribution >= 0.6 is 0 Å². The molecule has 0 bridgehead atoms. The van der Waals surface area contributed by atoms with Gasteiger partial charge >= 0.3 is 0 Å². The van der Waals surface area contributed by atoms with Crippen molar-refractivity contribution in [1.82, 2.24) is 4.72 Å². The van der Waals surface area contributed by atoms with Gasteiger partial charge in [-0.1, -0.05) is 12.1 Å². The highest BCUT2D eigenvalue weighted by molar-refractivity contribution is 7.89. The summed E-state index contributed by atoms with van der Waals surface area (Å²) >= 11 is 0. The van der Waals surface area contributed by atoms with E-state index in [9.17, 15) is 8.42 Å². The number of ether oxygens (including phenoxy) is 1. The Morgan fingerprint density at radius 3 is 1.75 bits per heavy atom. The zero-order valence-corrected chi connectivity index (χ0v) is 16.0. The molecule has 0 aliphatic carbocycles. The molecule has 0 saturated heterocycles. The molecule has 0 fully saturated rings. The fourth-order valence-electron chi connectivity index (χ4n) is 2.86. The summed E-state index contributed by atoms with van der Waals surface area (Å²) < 4.78 is 33.5. The van der Waals surface area contributed by atoms with Crippen LogP contribution in [-0.4, -0.2) is 15.5 Å². The van der Waals surface area contributed by atoms with Crippen molar-refractivity contribution >= 4 is 10.0 Å². The standard InChI is InChI=1S/C19H25NO3S/c1-12-13(2)15(4)19(16(5)14(12)3)24(21,22)20-11-17-7-9-18(23-6)10-8-17/h7-10,20H,11H2,1-6H3. The van der Waals surface area contributed by atoms with E-state index in [-0.39, 0.29) is 6.54 Å². The highest BCUT2D eigenvalue weighted by Crippen LogP contribution is 2.29. The molecule has 0 aliphatic rings. The van der Waals surface area contributed by atoms with Gasteiger partial charge in [0.1, 0.15) is 5.75 Å². The van der Waals surface area contributed by atoms with Crippen LogP contribution in [0.2, 0.25) is 0 Å². The molecule has 0 saturated carbocycles. The van der Waals surface area contributed by atoms with E-state index < -0.39 is 10.0 Å². The largest absolute Gasteiger partial charge is 0.497 e. The van der Waals surface area contributed by atoms with Gasteiger partial charge in [0.05, 0.1) is 12.0 Å².